The fourth-order valence-electron chi connectivity index (χ4n) is 3.26. The van der Waals surface area contributed by atoms with Crippen molar-refractivity contribution in [2.45, 2.75) is 12.0 Å². The number of nitrogens with zero attached hydrogens (tertiary/aromatic N) is 3. The molecule has 3 aromatic rings. The van der Waals surface area contributed by atoms with Crippen molar-refractivity contribution in [3.05, 3.63) is 42.4 Å². The molecule has 1 aromatic carbocycles. The summed E-state index contributed by atoms with van der Waals surface area (Å²) < 4.78 is 10.6. The zero-order valence-electron chi connectivity index (χ0n) is 14.4. The third-order valence-corrected chi connectivity index (χ3v) is 4.56. The van der Waals surface area contributed by atoms with Crippen molar-refractivity contribution in [3.63, 3.8) is 0 Å². The number of aromatic nitrogens is 3. The summed E-state index contributed by atoms with van der Waals surface area (Å²) >= 11 is 0. The zero-order chi connectivity index (χ0) is 18.3. The van der Waals surface area contributed by atoms with Crippen LogP contribution in [0.2, 0.25) is 0 Å². The Labute approximate surface area is 149 Å². The number of imidazole rings is 1. The first-order chi connectivity index (χ1) is 12.6. The van der Waals surface area contributed by atoms with Crippen molar-refractivity contribution in [2.24, 2.45) is 0 Å². The maximum absolute atomic E-state index is 10.6. The Morgan fingerprint density at radius 3 is 2.62 bits per heavy atom. The van der Waals surface area contributed by atoms with Gasteiger partial charge < -0.3 is 24.5 Å². The summed E-state index contributed by atoms with van der Waals surface area (Å²) in [5.74, 6) is 1.48. The Kier molecular flexibility index (Phi) is 3.96. The lowest BCUT2D eigenvalue weighted by molar-refractivity contribution is 0.184. The molecule has 3 heterocycles. The number of hydrogen-bond acceptors (Lipinski definition) is 6. The molecule has 0 saturated carbocycles. The molecule has 0 aliphatic carbocycles. The molecule has 2 atom stereocenters. The second kappa shape index (κ2) is 6.30. The number of anilines is 1. The van der Waals surface area contributed by atoms with Crippen molar-refractivity contribution >= 4 is 22.7 Å². The van der Waals surface area contributed by atoms with Gasteiger partial charge in [-0.05, 0) is 12.1 Å². The third kappa shape index (κ3) is 2.64. The zero-order valence-corrected chi connectivity index (χ0v) is 14.4. The topological polar surface area (TPSA) is 107 Å². The van der Waals surface area contributed by atoms with Gasteiger partial charge in [-0.3, -0.25) is 5.41 Å². The lowest BCUT2D eigenvalue weighted by atomic mass is 10.1. The highest BCUT2D eigenvalue weighted by Gasteiger charge is 2.40. The summed E-state index contributed by atoms with van der Waals surface area (Å²) in [6, 6.07) is 9.07. The van der Waals surface area contributed by atoms with Crippen LogP contribution in [-0.4, -0.2) is 52.8 Å². The average molecular weight is 353 g/mol. The molecule has 8 nitrogen and oxygen atoms in total. The summed E-state index contributed by atoms with van der Waals surface area (Å²) in [6.07, 6.45) is 0.901. The van der Waals surface area contributed by atoms with Crippen molar-refractivity contribution in [2.75, 3.05) is 25.7 Å². The van der Waals surface area contributed by atoms with Crippen molar-refractivity contribution in [1.29, 1.82) is 5.41 Å². The molecule has 134 valence electrons. The number of benzene rings is 1. The number of β-amino-alcohol motifs (C(OH)–C–C–N with tert-alkyl or cyclic N) is 1. The van der Waals surface area contributed by atoms with Crippen LogP contribution in [0.4, 0.5) is 5.69 Å². The number of hydrogen-bond donors (Lipinski definition) is 3. The van der Waals surface area contributed by atoms with Crippen LogP contribution in [0.25, 0.3) is 11.2 Å². The number of aliphatic hydroxyl groups is 1. The van der Waals surface area contributed by atoms with E-state index in [1.807, 2.05) is 24.3 Å². The Morgan fingerprint density at radius 2 is 1.96 bits per heavy atom. The van der Waals surface area contributed by atoms with E-state index in [2.05, 4.69) is 15.0 Å². The average Bonchev–Trinajstić information content (AvgIpc) is 3.21. The monoisotopic (exact) mass is 353 g/mol. The van der Waals surface area contributed by atoms with Crippen LogP contribution in [0.3, 0.4) is 0 Å². The van der Waals surface area contributed by atoms with Crippen molar-refractivity contribution in [3.8, 4) is 11.5 Å². The minimum Gasteiger partial charge on any atom is -0.497 e. The highest BCUT2D eigenvalue weighted by molar-refractivity contribution is 6.03. The molecular weight excluding hydrogens is 334 g/mol. The predicted molar refractivity (Wildman–Crippen MR) is 97.3 cm³/mol. The number of rotatable bonds is 4. The summed E-state index contributed by atoms with van der Waals surface area (Å²) in [4.78, 5) is 13.6. The fourth-order valence-corrected chi connectivity index (χ4v) is 3.26. The molecule has 8 heteroatoms. The van der Waals surface area contributed by atoms with Crippen molar-refractivity contribution in [1.82, 2.24) is 15.0 Å². The van der Waals surface area contributed by atoms with Gasteiger partial charge in [0.05, 0.1) is 32.4 Å². The van der Waals surface area contributed by atoms with E-state index < -0.39 is 12.0 Å². The molecule has 1 aliphatic heterocycles. The third-order valence-electron chi connectivity index (χ3n) is 4.56. The van der Waals surface area contributed by atoms with Gasteiger partial charge in [0.1, 0.15) is 29.1 Å². The Balaban J connectivity index is 1.70. The number of pyridine rings is 1. The number of nitrogens with one attached hydrogen (secondary N) is 2. The molecule has 26 heavy (non-hydrogen) atoms. The maximum Gasteiger partial charge on any atom is 0.177 e. The first-order valence-electron chi connectivity index (χ1n) is 8.18. The summed E-state index contributed by atoms with van der Waals surface area (Å²) in [5.41, 5.74) is 2.08. The summed E-state index contributed by atoms with van der Waals surface area (Å²) in [5, 5.41) is 19.2. The smallest absolute Gasteiger partial charge is 0.177 e. The molecular formula is C18H19N5O3. The SMILES string of the molecule is COc1cc(OC)cc(N2CC(O)C(c3nc4ncccc4[nH]3)C2=N)c1. The summed E-state index contributed by atoms with van der Waals surface area (Å²) in [6.45, 7) is 0.282. The van der Waals surface area contributed by atoms with Gasteiger partial charge in [0, 0.05) is 30.1 Å². The van der Waals surface area contributed by atoms with E-state index in [1.165, 1.54) is 0 Å². The molecule has 1 saturated heterocycles. The number of methoxy groups -OCH3 is 2. The van der Waals surface area contributed by atoms with Crippen LogP contribution in [0.1, 0.15) is 11.7 Å². The molecule has 0 amide bonds. The van der Waals surface area contributed by atoms with Gasteiger partial charge in [0.2, 0.25) is 0 Å². The Hall–Kier alpha value is -3.13. The molecule has 4 rings (SSSR count). The van der Waals surface area contributed by atoms with Gasteiger partial charge in [-0.25, -0.2) is 9.97 Å². The Bertz CT molecular complexity index is 915. The largest absolute Gasteiger partial charge is 0.497 e. The Morgan fingerprint density at radius 1 is 1.23 bits per heavy atom. The normalized spacial score (nSPS) is 20.0. The van der Waals surface area contributed by atoms with Crippen LogP contribution in [0, 0.1) is 5.41 Å². The quantitative estimate of drug-likeness (QED) is 0.661. The highest BCUT2D eigenvalue weighted by Crippen LogP contribution is 2.35. The van der Waals surface area contributed by atoms with Crippen molar-refractivity contribution < 1.29 is 14.6 Å². The number of ether oxygens (including phenoxy) is 2. The number of H-pyrrole nitrogens is 1. The number of fused-ring (bicyclic) bond motifs is 1. The van der Waals surface area contributed by atoms with E-state index in [0.29, 0.717) is 23.0 Å². The molecule has 2 unspecified atom stereocenters. The van der Waals surface area contributed by atoms with E-state index >= 15 is 0 Å². The number of amidine groups is 1. The van der Waals surface area contributed by atoms with Gasteiger partial charge in [-0.1, -0.05) is 0 Å². The molecule has 0 radical (unpaired) electrons. The number of aliphatic hydroxyl groups excluding tert-OH is 1. The minimum absolute atomic E-state index is 0.256. The van der Waals surface area contributed by atoms with Gasteiger partial charge in [-0.2, -0.15) is 0 Å². The van der Waals surface area contributed by atoms with Gasteiger partial charge in [0.15, 0.2) is 5.65 Å². The van der Waals surface area contributed by atoms with Gasteiger partial charge in [0.25, 0.3) is 0 Å². The van der Waals surface area contributed by atoms with E-state index in [9.17, 15) is 5.11 Å². The van der Waals surface area contributed by atoms with Gasteiger partial charge >= 0.3 is 0 Å². The van der Waals surface area contributed by atoms with E-state index in [4.69, 9.17) is 14.9 Å². The maximum atomic E-state index is 10.6. The van der Waals surface area contributed by atoms with Crippen LogP contribution < -0.4 is 14.4 Å². The number of aromatic amines is 1. The van der Waals surface area contributed by atoms with Crippen LogP contribution >= 0.6 is 0 Å². The predicted octanol–water partition coefficient (Wildman–Crippen LogP) is 1.92. The fraction of sp³-hybridized carbons (Fsp3) is 0.278. The highest BCUT2D eigenvalue weighted by atomic mass is 16.5. The summed E-state index contributed by atoms with van der Waals surface area (Å²) in [7, 11) is 3.15. The van der Waals surface area contributed by atoms with Crippen LogP contribution in [-0.2, 0) is 0 Å². The molecule has 3 N–H and O–H groups in total. The molecule has 2 aromatic heterocycles. The first-order valence-corrected chi connectivity index (χ1v) is 8.18. The van der Waals surface area contributed by atoms with E-state index in [1.54, 1.807) is 31.4 Å². The standard InChI is InChI=1S/C18H19N5O3/c1-25-11-6-10(7-12(8-11)26-2)23-9-14(24)15(16(23)19)18-21-13-4-3-5-20-17(13)22-18/h3-8,14-15,19,24H,9H2,1-2H3,(H,20,21,22). The molecule has 0 spiro atoms. The lowest BCUT2D eigenvalue weighted by Gasteiger charge is -2.20. The van der Waals surface area contributed by atoms with Crippen LogP contribution in [0.15, 0.2) is 36.5 Å². The first kappa shape index (κ1) is 16.3. The van der Waals surface area contributed by atoms with E-state index in [0.717, 1.165) is 11.2 Å². The lowest BCUT2D eigenvalue weighted by Crippen LogP contribution is -2.26. The molecule has 1 aliphatic rings. The minimum atomic E-state index is -0.764. The molecule has 1 fully saturated rings. The second-order valence-corrected chi connectivity index (χ2v) is 6.11. The van der Waals surface area contributed by atoms with E-state index in [-0.39, 0.29) is 12.4 Å². The van der Waals surface area contributed by atoms with Gasteiger partial charge in [-0.15, -0.1) is 0 Å². The second-order valence-electron chi connectivity index (χ2n) is 6.11. The van der Waals surface area contributed by atoms with Crippen LogP contribution in [0.5, 0.6) is 11.5 Å². The molecule has 0 bridgehead atoms.